The third-order valence-corrected chi connectivity index (χ3v) is 4.74. The Hall–Kier alpha value is -0.870. The average Bonchev–Trinajstić information content (AvgIpc) is 3.14. The summed E-state index contributed by atoms with van der Waals surface area (Å²) in [5, 5.41) is 3.66. The molecule has 1 N–H and O–H groups in total. The SMILES string of the molecule is CN1CCC(C)(CNCc2cncn2C2CC2)CC1. The van der Waals surface area contributed by atoms with Gasteiger partial charge in [-0.2, -0.15) is 0 Å². The summed E-state index contributed by atoms with van der Waals surface area (Å²) in [5.74, 6) is 0. The van der Waals surface area contributed by atoms with Gasteiger partial charge in [-0.15, -0.1) is 0 Å². The van der Waals surface area contributed by atoms with Crippen molar-refractivity contribution in [3.8, 4) is 0 Å². The predicted octanol–water partition coefficient (Wildman–Crippen LogP) is 2.04. The van der Waals surface area contributed by atoms with Crippen LogP contribution in [0.1, 0.15) is 44.3 Å². The van der Waals surface area contributed by atoms with Gasteiger partial charge in [0.05, 0.1) is 12.0 Å². The molecule has 0 radical (unpaired) electrons. The van der Waals surface area contributed by atoms with E-state index in [0.717, 1.165) is 19.1 Å². The molecular formula is C15H26N4. The van der Waals surface area contributed by atoms with E-state index in [2.05, 4.69) is 33.7 Å². The van der Waals surface area contributed by atoms with E-state index in [-0.39, 0.29) is 0 Å². The van der Waals surface area contributed by atoms with Gasteiger partial charge in [-0.05, 0) is 51.2 Å². The standard InChI is InChI=1S/C15H26N4/c1-15(5-7-18(2)8-6-15)11-16-9-14-10-17-12-19(14)13-3-4-13/h10,12-13,16H,3-9,11H2,1-2H3. The maximum absolute atomic E-state index is 4.29. The molecular weight excluding hydrogens is 236 g/mol. The Bertz CT molecular complexity index is 414. The predicted molar refractivity (Wildman–Crippen MR) is 77.0 cm³/mol. The number of hydrogen-bond donors (Lipinski definition) is 1. The number of piperidine rings is 1. The van der Waals surface area contributed by atoms with Crippen LogP contribution in [0.5, 0.6) is 0 Å². The summed E-state index contributed by atoms with van der Waals surface area (Å²) < 4.78 is 2.35. The Morgan fingerprint density at radius 2 is 2.11 bits per heavy atom. The molecule has 4 heteroatoms. The summed E-state index contributed by atoms with van der Waals surface area (Å²) in [7, 11) is 2.22. The fourth-order valence-electron chi connectivity index (χ4n) is 2.98. The quantitative estimate of drug-likeness (QED) is 0.881. The van der Waals surface area contributed by atoms with Crippen LogP contribution in [-0.4, -0.2) is 41.1 Å². The number of likely N-dealkylation sites (tertiary alicyclic amines) is 1. The van der Waals surface area contributed by atoms with E-state index in [0.29, 0.717) is 5.41 Å². The lowest BCUT2D eigenvalue weighted by Crippen LogP contribution is -2.42. The second-order valence-electron chi connectivity index (χ2n) is 6.74. The molecule has 1 saturated carbocycles. The highest BCUT2D eigenvalue weighted by Crippen LogP contribution is 2.35. The average molecular weight is 262 g/mol. The lowest BCUT2D eigenvalue weighted by atomic mass is 9.80. The lowest BCUT2D eigenvalue weighted by Gasteiger charge is -2.38. The van der Waals surface area contributed by atoms with Crippen LogP contribution in [0.2, 0.25) is 0 Å². The zero-order valence-electron chi connectivity index (χ0n) is 12.2. The van der Waals surface area contributed by atoms with Crippen LogP contribution >= 0.6 is 0 Å². The summed E-state index contributed by atoms with van der Waals surface area (Å²) in [6.45, 7) is 6.97. The van der Waals surface area contributed by atoms with E-state index in [1.807, 2.05) is 12.5 Å². The molecule has 1 saturated heterocycles. The molecule has 1 aliphatic heterocycles. The number of rotatable bonds is 5. The van der Waals surface area contributed by atoms with E-state index in [1.165, 1.54) is 44.5 Å². The summed E-state index contributed by atoms with van der Waals surface area (Å²) in [4.78, 5) is 6.73. The maximum atomic E-state index is 4.29. The van der Waals surface area contributed by atoms with Gasteiger partial charge in [-0.3, -0.25) is 0 Å². The van der Waals surface area contributed by atoms with E-state index in [9.17, 15) is 0 Å². The molecule has 1 aromatic heterocycles. The first kappa shape index (κ1) is 13.1. The van der Waals surface area contributed by atoms with Gasteiger partial charge in [0.25, 0.3) is 0 Å². The van der Waals surface area contributed by atoms with Crippen LogP contribution in [0.4, 0.5) is 0 Å². The van der Waals surface area contributed by atoms with Gasteiger partial charge in [0.1, 0.15) is 0 Å². The molecule has 1 aromatic rings. The van der Waals surface area contributed by atoms with Crippen molar-refractivity contribution in [2.24, 2.45) is 5.41 Å². The van der Waals surface area contributed by atoms with E-state index in [4.69, 9.17) is 0 Å². The first-order chi connectivity index (χ1) is 9.16. The zero-order chi connectivity index (χ0) is 13.3. The van der Waals surface area contributed by atoms with Gasteiger partial charge in [-0.1, -0.05) is 6.92 Å². The Morgan fingerprint density at radius 1 is 1.37 bits per heavy atom. The third kappa shape index (κ3) is 3.18. The van der Waals surface area contributed by atoms with Gasteiger partial charge < -0.3 is 14.8 Å². The Balaban J connectivity index is 1.48. The van der Waals surface area contributed by atoms with Gasteiger partial charge in [-0.25, -0.2) is 4.98 Å². The van der Waals surface area contributed by atoms with Gasteiger partial charge in [0.15, 0.2) is 0 Å². The second kappa shape index (κ2) is 5.25. The first-order valence-electron chi connectivity index (χ1n) is 7.56. The van der Waals surface area contributed by atoms with Crippen molar-refractivity contribution in [3.05, 3.63) is 18.2 Å². The second-order valence-corrected chi connectivity index (χ2v) is 6.74. The Kier molecular flexibility index (Phi) is 3.63. The maximum Gasteiger partial charge on any atom is 0.0951 e. The van der Waals surface area contributed by atoms with Gasteiger partial charge >= 0.3 is 0 Å². The molecule has 0 spiro atoms. The largest absolute Gasteiger partial charge is 0.330 e. The topological polar surface area (TPSA) is 33.1 Å². The molecule has 19 heavy (non-hydrogen) atoms. The first-order valence-corrected chi connectivity index (χ1v) is 7.56. The summed E-state index contributed by atoms with van der Waals surface area (Å²) in [6, 6.07) is 0.734. The number of imidazole rings is 1. The molecule has 3 rings (SSSR count). The van der Waals surface area contributed by atoms with Crippen LogP contribution in [0.25, 0.3) is 0 Å². The minimum absolute atomic E-state index is 0.469. The van der Waals surface area contributed by atoms with Crippen molar-refractivity contribution in [1.82, 2.24) is 19.8 Å². The van der Waals surface area contributed by atoms with Crippen molar-refractivity contribution in [2.75, 3.05) is 26.7 Å². The van der Waals surface area contributed by atoms with Crippen LogP contribution in [0.3, 0.4) is 0 Å². The minimum Gasteiger partial charge on any atom is -0.330 e. The lowest BCUT2D eigenvalue weighted by molar-refractivity contribution is 0.136. The highest BCUT2D eigenvalue weighted by molar-refractivity contribution is 5.03. The minimum atomic E-state index is 0.469. The normalized spacial score (nSPS) is 23.7. The molecule has 2 heterocycles. The molecule has 2 aliphatic rings. The van der Waals surface area contributed by atoms with E-state index < -0.39 is 0 Å². The molecule has 0 bridgehead atoms. The molecule has 0 atom stereocenters. The number of nitrogens with zero attached hydrogens (tertiary/aromatic N) is 3. The smallest absolute Gasteiger partial charge is 0.0951 e. The molecule has 0 aromatic carbocycles. The number of nitrogens with one attached hydrogen (secondary N) is 1. The Labute approximate surface area is 116 Å². The highest BCUT2D eigenvalue weighted by Gasteiger charge is 2.29. The fourth-order valence-corrected chi connectivity index (χ4v) is 2.98. The highest BCUT2D eigenvalue weighted by atomic mass is 15.1. The van der Waals surface area contributed by atoms with Crippen LogP contribution in [-0.2, 0) is 6.54 Å². The van der Waals surface area contributed by atoms with E-state index >= 15 is 0 Å². The molecule has 1 aliphatic carbocycles. The van der Waals surface area contributed by atoms with Crippen molar-refractivity contribution in [2.45, 2.75) is 45.2 Å². The van der Waals surface area contributed by atoms with Crippen LogP contribution < -0.4 is 5.32 Å². The molecule has 0 amide bonds. The van der Waals surface area contributed by atoms with Gasteiger partial charge in [0, 0.05) is 25.3 Å². The summed E-state index contributed by atoms with van der Waals surface area (Å²) in [6.07, 6.45) is 9.27. The molecule has 2 fully saturated rings. The monoisotopic (exact) mass is 262 g/mol. The summed E-state index contributed by atoms with van der Waals surface area (Å²) in [5.41, 5.74) is 1.82. The van der Waals surface area contributed by atoms with Crippen molar-refractivity contribution in [1.29, 1.82) is 0 Å². The molecule has 0 unspecified atom stereocenters. The third-order valence-electron chi connectivity index (χ3n) is 4.74. The van der Waals surface area contributed by atoms with Crippen molar-refractivity contribution >= 4 is 0 Å². The summed E-state index contributed by atoms with van der Waals surface area (Å²) >= 11 is 0. The Morgan fingerprint density at radius 3 is 2.79 bits per heavy atom. The van der Waals surface area contributed by atoms with Gasteiger partial charge in [0.2, 0.25) is 0 Å². The van der Waals surface area contributed by atoms with Crippen LogP contribution in [0.15, 0.2) is 12.5 Å². The molecule has 4 nitrogen and oxygen atoms in total. The number of hydrogen-bond acceptors (Lipinski definition) is 3. The molecule has 106 valence electrons. The zero-order valence-corrected chi connectivity index (χ0v) is 12.2. The van der Waals surface area contributed by atoms with E-state index in [1.54, 1.807) is 0 Å². The van der Waals surface area contributed by atoms with Crippen molar-refractivity contribution < 1.29 is 0 Å². The fraction of sp³-hybridized carbons (Fsp3) is 0.800. The van der Waals surface area contributed by atoms with Crippen molar-refractivity contribution in [3.63, 3.8) is 0 Å². The number of aromatic nitrogens is 2. The van der Waals surface area contributed by atoms with Crippen LogP contribution in [0, 0.1) is 5.41 Å².